The Bertz CT molecular complexity index is 435. The third-order valence-electron chi connectivity index (χ3n) is 2.13. The van der Waals surface area contributed by atoms with E-state index in [-0.39, 0.29) is 5.03 Å². The van der Waals surface area contributed by atoms with E-state index in [0.717, 1.165) is 11.1 Å². The molecule has 0 aliphatic rings. The Balaban J connectivity index is 3.27. The fraction of sp³-hybridized carbons (Fsp3) is 0.500. The Morgan fingerprint density at radius 2 is 1.93 bits per heavy atom. The number of hydrogen-bond donors (Lipinski definition) is 0. The summed E-state index contributed by atoms with van der Waals surface area (Å²) in [4.78, 5) is 3.94. The van der Waals surface area contributed by atoms with Crippen LogP contribution < -0.4 is 0 Å². The first-order valence-electron chi connectivity index (χ1n) is 4.49. The van der Waals surface area contributed by atoms with Gasteiger partial charge in [0.15, 0.2) is 14.9 Å². The fourth-order valence-corrected chi connectivity index (χ4v) is 1.98. The molecule has 0 spiro atoms. The van der Waals surface area contributed by atoms with Gasteiger partial charge >= 0.3 is 0 Å². The summed E-state index contributed by atoms with van der Waals surface area (Å²) in [5.41, 5.74) is 2.08. The number of pyridine rings is 1. The molecule has 4 heteroatoms. The number of aromatic nitrogens is 1. The molecule has 0 fully saturated rings. The predicted molar refractivity (Wildman–Crippen MR) is 56.2 cm³/mol. The van der Waals surface area contributed by atoms with Crippen LogP contribution in [0.15, 0.2) is 17.3 Å². The van der Waals surface area contributed by atoms with E-state index in [9.17, 15) is 8.42 Å². The van der Waals surface area contributed by atoms with Crippen LogP contribution in [0.4, 0.5) is 0 Å². The highest BCUT2D eigenvalue weighted by molar-refractivity contribution is 7.90. The van der Waals surface area contributed by atoms with E-state index < -0.39 is 9.84 Å². The maximum absolute atomic E-state index is 11.2. The lowest BCUT2D eigenvalue weighted by atomic mass is 10.0. The van der Waals surface area contributed by atoms with Gasteiger partial charge in [-0.1, -0.05) is 13.8 Å². The van der Waals surface area contributed by atoms with Gasteiger partial charge in [0.1, 0.15) is 0 Å². The van der Waals surface area contributed by atoms with Crippen molar-refractivity contribution < 1.29 is 8.42 Å². The molecule has 0 atom stereocenters. The Morgan fingerprint density at radius 3 is 2.29 bits per heavy atom. The Morgan fingerprint density at radius 1 is 1.36 bits per heavy atom. The largest absolute Gasteiger partial charge is 0.244 e. The molecule has 0 saturated carbocycles. The first kappa shape index (κ1) is 11.2. The van der Waals surface area contributed by atoms with E-state index in [2.05, 4.69) is 18.8 Å². The van der Waals surface area contributed by atoms with Gasteiger partial charge in [-0.05, 0) is 30.0 Å². The van der Waals surface area contributed by atoms with Crippen molar-refractivity contribution in [2.45, 2.75) is 31.7 Å². The molecule has 78 valence electrons. The molecular weight excluding hydrogens is 198 g/mol. The third-order valence-corrected chi connectivity index (χ3v) is 3.11. The van der Waals surface area contributed by atoms with Crippen LogP contribution in [0.1, 0.15) is 30.9 Å². The van der Waals surface area contributed by atoms with Crippen LogP contribution in [0.5, 0.6) is 0 Å². The molecule has 0 aliphatic heterocycles. The van der Waals surface area contributed by atoms with Crippen molar-refractivity contribution in [3.8, 4) is 0 Å². The minimum Gasteiger partial charge on any atom is -0.244 e. The van der Waals surface area contributed by atoms with Gasteiger partial charge < -0.3 is 0 Å². The highest BCUT2D eigenvalue weighted by Gasteiger charge is 2.11. The van der Waals surface area contributed by atoms with E-state index >= 15 is 0 Å². The lowest BCUT2D eigenvalue weighted by Crippen LogP contribution is -2.03. The Hall–Kier alpha value is -0.900. The zero-order valence-corrected chi connectivity index (χ0v) is 9.72. The molecular formula is C10H15NO2S. The molecule has 0 N–H and O–H groups in total. The molecule has 0 radical (unpaired) electrons. The molecule has 1 aromatic heterocycles. The molecule has 1 rings (SSSR count). The number of rotatable bonds is 2. The topological polar surface area (TPSA) is 47.0 Å². The van der Waals surface area contributed by atoms with Crippen LogP contribution in [-0.2, 0) is 9.84 Å². The minimum atomic E-state index is -3.18. The van der Waals surface area contributed by atoms with E-state index in [1.54, 1.807) is 12.3 Å². The van der Waals surface area contributed by atoms with Gasteiger partial charge in [-0.15, -0.1) is 0 Å². The van der Waals surface area contributed by atoms with Gasteiger partial charge in [-0.2, -0.15) is 0 Å². The summed E-state index contributed by atoms with van der Waals surface area (Å²) < 4.78 is 22.4. The summed E-state index contributed by atoms with van der Waals surface area (Å²) in [5.74, 6) is 0.371. The second-order valence-electron chi connectivity index (χ2n) is 3.81. The molecule has 0 unspecified atom stereocenters. The normalized spacial score (nSPS) is 12.1. The summed E-state index contributed by atoms with van der Waals surface area (Å²) in [6, 6.07) is 1.63. The van der Waals surface area contributed by atoms with Gasteiger partial charge in [0.2, 0.25) is 0 Å². The number of aryl methyl sites for hydroxylation is 1. The number of hydrogen-bond acceptors (Lipinski definition) is 3. The molecule has 1 heterocycles. The van der Waals surface area contributed by atoms with Crippen molar-refractivity contribution in [3.05, 3.63) is 23.4 Å². The van der Waals surface area contributed by atoms with Crippen LogP contribution in [-0.4, -0.2) is 19.7 Å². The average Bonchev–Trinajstić information content (AvgIpc) is 2.01. The summed E-state index contributed by atoms with van der Waals surface area (Å²) >= 11 is 0. The Labute approximate surface area is 85.1 Å². The lowest BCUT2D eigenvalue weighted by molar-refractivity contribution is 0.597. The molecule has 0 amide bonds. The van der Waals surface area contributed by atoms with Crippen LogP contribution >= 0.6 is 0 Å². The zero-order valence-electron chi connectivity index (χ0n) is 8.90. The molecule has 0 aromatic carbocycles. The van der Waals surface area contributed by atoms with Gasteiger partial charge in [0.25, 0.3) is 0 Å². The second kappa shape index (κ2) is 3.69. The zero-order chi connectivity index (χ0) is 10.9. The van der Waals surface area contributed by atoms with Gasteiger partial charge in [-0.25, -0.2) is 13.4 Å². The summed E-state index contributed by atoms with van der Waals surface area (Å²) in [7, 11) is -3.18. The molecule has 1 aromatic rings. The lowest BCUT2D eigenvalue weighted by Gasteiger charge is -2.09. The molecule has 14 heavy (non-hydrogen) atoms. The summed E-state index contributed by atoms with van der Waals surface area (Å²) in [6.07, 6.45) is 2.82. The number of sulfone groups is 1. The standard InChI is InChI=1S/C10H15NO2S/c1-7(2)9-6-11-10(5-8(9)3)14(4,12)13/h5-7H,1-4H3. The molecule has 0 bridgehead atoms. The fourth-order valence-electron chi connectivity index (χ4n) is 1.35. The van der Waals surface area contributed by atoms with Crippen molar-refractivity contribution in [1.29, 1.82) is 0 Å². The van der Waals surface area contributed by atoms with Crippen molar-refractivity contribution in [2.75, 3.05) is 6.26 Å². The number of nitrogens with zero attached hydrogens (tertiary/aromatic N) is 1. The quantitative estimate of drug-likeness (QED) is 0.754. The first-order valence-corrected chi connectivity index (χ1v) is 6.38. The molecule has 0 saturated heterocycles. The van der Waals surface area contributed by atoms with Crippen LogP contribution in [0.2, 0.25) is 0 Å². The highest BCUT2D eigenvalue weighted by Crippen LogP contribution is 2.19. The second-order valence-corrected chi connectivity index (χ2v) is 5.77. The minimum absolute atomic E-state index is 0.152. The smallest absolute Gasteiger partial charge is 0.192 e. The molecule has 0 aliphatic carbocycles. The summed E-state index contributed by atoms with van der Waals surface area (Å²) in [6.45, 7) is 6.03. The van der Waals surface area contributed by atoms with Gasteiger partial charge in [0, 0.05) is 12.5 Å². The van der Waals surface area contributed by atoms with E-state index in [1.807, 2.05) is 6.92 Å². The first-order chi connectivity index (χ1) is 6.32. The van der Waals surface area contributed by atoms with Crippen LogP contribution in [0, 0.1) is 6.92 Å². The average molecular weight is 213 g/mol. The van der Waals surface area contributed by atoms with Crippen molar-refractivity contribution in [3.63, 3.8) is 0 Å². The van der Waals surface area contributed by atoms with Crippen molar-refractivity contribution in [2.24, 2.45) is 0 Å². The predicted octanol–water partition coefficient (Wildman–Crippen LogP) is 1.92. The summed E-state index contributed by atoms with van der Waals surface area (Å²) in [5, 5.41) is 0.152. The SMILES string of the molecule is Cc1cc(S(C)(=O)=O)ncc1C(C)C. The van der Waals surface area contributed by atoms with E-state index in [1.165, 1.54) is 6.26 Å². The Kier molecular flexibility index (Phi) is 2.95. The van der Waals surface area contributed by atoms with E-state index in [4.69, 9.17) is 0 Å². The maximum Gasteiger partial charge on any atom is 0.192 e. The third kappa shape index (κ3) is 2.32. The van der Waals surface area contributed by atoms with Crippen molar-refractivity contribution >= 4 is 9.84 Å². The highest BCUT2D eigenvalue weighted by atomic mass is 32.2. The van der Waals surface area contributed by atoms with Crippen LogP contribution in [0.25, 0.3) is 0 Å². The van der Waals surface area contributed by atoms with E-state index in [0.29, 0.717) is 5.92 Å². The van der Waals surface area contributed by atoms with Crippen molar-refractivity contribution in [1.82, 2.24) is 4.98 Å². The maximum atomic E-state index is 11.2. The monoisotopic (exact) mass is 213 g/mol. The van der Waals surface area contributed by atoms with Gasteiger partial charge in [0.05, 0.1) is 0 Å². The van der Waals surface area contributed by atoms with Gasteiger partial charge in [-0.3, -0.25) is 0 Å². The molecule has 3 nitrogen and oxygen atoms in total. The van der Waals surface area contributed by atoms with Crippen LogP contribution in [0.3, 0.4) is 0 Å².